The Morgan fingerprint density at radius 1 is 1.40 bits per heavy atom. The van der Waals surface area contributed by atoms with E-state index in [4.69, 9.17) is 5.11 Å². The summed E-state index contributed by atoms with van der Waals surface area (Å²) in [4.78, 5) is 24.8. The van der Waals surface area contributed by atoms with Crippen LogP contribution in [0, 0.1) is 11.8 Å². The van der Waals surface area contributed by atoms with Crippen LogP contribution in [-0.4, -0.2) is 41.4 Å². The van der Waals surface area contributed by atoms with Gasteiger partial charge in [-0.15, -0.1) is 11.3 Å². The summed E-state index contributed by atoms with van der Waals surface area (Å²) < 4.78 is 0. The van der Waals surface area contributed by atoms with Gasteiger partial charge >= 0.3 is 5.97 Å². The van der Waals surface area contributed by atoms with E-state index < -0.39 is 11.8 Å². The Morgan fingerprint density at radius 2 is 2.05 bits per heavy atom. The average molecular weight is 293 g/mol. The summed E-state index contributed by atoms with van der Waals surface area (Å²) in [5, 5.41) is 10.5. The molecule has 0 amide bonds. The van der Waals surface area contributed by atoms with Gasteiger partial charge in [0.1, 0.15) is 0 Å². The van der Waals surface area contributed by atoms with Crippen LogP contribution in [0.2, 0.25) is 0 Å². The molecule has 1 aromatic rings. The lowest BCUT2D eigenvalue weighted by Crippen LogP contribution is -2.22. The molecule has 0 aromatic carbocycles. The van der Waals surface area contributed by atoms with Crippen molar-refractivity contribution in [1.29, 1.82) is 0 Å². The molecule has 0 saturated heterocycles. The number of carboxylic acids is 1. The van der Waals surface area contributed by atoms with Crippen LogP contribution in [0.25, 0.3) is 0 Å². The first-order valence-electron chi connectivity index (χ1n) is 6.56. The van der Waals surface area contributed by atoms with Gasteiger partial charge in [0.2, 0.25) is 0 Å². The predicted molar refractivity (Wildman–Crippen MR) is 80.3 cm³/mol. The lowest BCUT2D eigenvalue weighted by molar-refractivity contribution is -0.131. The molecule has 4 nitrogen and oxygen atoms in total. The summed E-state index contributed by atoms with van der Waals surface area (Å²) in [7, 11) is 0. The van der Waals surface area contributed by atoms with Crippen molar-refractivity contribution in [2.24, 2.45) is 0 Å². The zero-order valence-corrected chi connectivity index (χ0v) is 12.8. The lowest BCUT2D eigenvalue weighted by Gasteiger charge is -2.13. The Morgan fingerprint density at radius 3 is 2.60 bits per heavy atom. The van der Waals surface area contributed by atoms with Crippen LogP contribution >= 0.6 is 11.3 Å². The van der Waals surface area contributed by atoms with Gasteiger partial charge in [0.25, 0.3) is 5.78 Å². The highest BCUT2D eigenvalue weighted by atomic mass is 32.1. The van der Waals surface area contributed by atoms with Crippen molar-refractivity contribution in [3.63, 3.8) is 0 Å². The largest absolute Gasteiger partial charge is 0.475 e. The van der Waals surface area contributed by atoms with E-state index in [1.165, 1.54) is 0 Å². The van der Waals surface area contributed by atoms with Gasteiger partial charge in [0.05, 0.1) is 11.4 Å². The molecule has 1 aromatic heterocycles. The maximum Gasteiger partial charge on any atom is 0.378 e. The fraction of sp³-hybridized carbons (Fsp3) is 0.467. The number of Topliss-reactive ketones (excluding diaryl/α,β-unsaturated/α-hetero) is 1. The summed E-state index contributed by atoms with van der Waals surface area (Å²) >= 11 is 1.15. The molecule has 1 N–H and O–H groups in total. The summed E-state index contributed by atoms with van der Waals surface area (Å²) in [6, 6.07) is 1.78. The van der Waals surface area contributed by atoms with Crippen LogP contribution in [-0.2, 0) is 4.79 Å². The molecule has 0 aliphatic carbocycles. The molecule has 0 aliphatic heterocycles. The Kier molecular flexibility index (Phi) is 6.43. The van der Waals surface area contributed by atoms with Crippen LogP contribution < -0.4 is 0 Å². The summed E-state index contributed by atoms with van der Waals surface area (Å²) in [6.45, 7) is 8.62. The molecule has 108 valence electrons. The van der Waals surface area contributed by atoms with E-state index in [0.717, 1.165) is 24.4 Å². The number of carboxylic acid groups (broad SMARTS) is 1. The fourth-order valence-corrected chi connectivity index (χ4v) is 2.70. The Bertz CT molecular complexity index is 535. The molecular formula is C15H19NO3S. The van der Waals surface area contributed by atoms with Gasteiger partial charge in [0.15, 0.2) is 0 Å². The topological polar surface area (TPSA) is 57.6 Å². The minimum atomic E-state index is -1.42. The molecule has 5 heteroatoms. The Balaban J connectivity index is 2.81. The van der Waals surface area contributed by atoms with Gasteiger partial charge in [-0.3, -0.25) is 9.69 Å². The zero-order valence-electron chi connectivity index (χ0n) is 12.0. The number of hydrogen-bond donors (Lipinski definition) is 1. The quantitative estimate of drug-likeness (QED) is 0.497. The molecule has 0 aliphatic rings. The minimum Gasteiger partial charge on any atom is -0.475 e. The molecule has 1 unspecified atom stereocenters. The van der Waals surface area contributed by atoms with Gasteiger partial charge in [-0.05, 0) is 37.0 Å². The zero-order chi connectivity index (χ0) is 15.1. The van der Waals surface area contributed by atoms with Crippen molar-refractivity contribution in [2.75, 3.05) is 19.6 Å². The maximum atomic E-state index is 11.6. The number of hydrogen-bond acceptors (Lipinski definition) is 4. The molecular weight excluding hydrogens is 274 g/mol. The molecule has 1 rings (SSSR count). The number of carbonyl (C=O) groups is 2. The van der Waals surface area contributed by atoms with Crippen molar-refractivity contribution in [1.82, 2.24) is 4.90 Å². The molecule has 0 saturated carbocycles. The van der Waals surface area contributed by atoms with E-state index in [0.29, 0.717) is 12.1 Å². The second-order valence-electron chi connectivity index (χ2n) is 4.34. The molecule has 1 atom stereocenters. The van der Waals surface area contributed by atoms with Crippen molar-refractivity contribution < 1.29 is 14.7 Å². The average Bonchev–Trinajstić information content (AvgIpc) is 2.91. The van der Waals surface area contributed by atoms with Crippen LogP contribution in [0.4, 0.5) is 0 Å². The minimum absolute atomic E-state index is 0.143. The van der Waals surface area contributed by atoms with Crippen molar-refractivity contribution in [2.45, 2.75) is 26.7 Å². The van der Waals surface area contributed by atoms with Crippen molar-refractivity contribution >= 4 is 23.1 Å². The number of carbonyl (C=O) groups excluding carboxylic acids is 1. The number of thiophene rings is 1. The highest BCUT2D eigenvalue weighted by molar-refractivity contribution is 7.13. The van der Waals surface area contributed by atoms with Crippen LogP contribution in [0.3, 0.4) is 0 Å². The number of rotatable bonds is 6. The molecule has 0 radical (unpaired) electrons. The molecule has 0 bridgehead atoms. The van der Waals surface area contributed by atoms with Crippen LogP contribution in [0.15, 0.2) is 11.4 Å². The molecule has 0 fully saturated rings. The second kappa shape index (κ2) is 7.83. The van der Waals surface area contributed by atoms with Gasteiger partial charge in [-0.1, -0.05) is 25.7 Å². The van der Waals surface area contributed by atoms with Crippen LogP contribution in [0.1, 0.15) is 41.9 Å². The standard InChI is InChI=1S/C15H19NO3S/c1-4-16(5-2)9-6-7-11(3)12-8-10-20-14(12)13(17)15(18)19/h8,10-11H,4-5,9H2,1-3H3,(H,18,19). The smallest absolute Gasteiger partial charge is 0.378 e. The number of ketones is 1. The summed E-state index contributed by atoms with van der Waals surface area (Å²) in [6.07, 6.45) is 0. The van der Waals surface area contributed by atoms with Gasteiger partial charge in [-0.25, -0.2) is 4.79 Å². The highest BCUT2D eigenvalue weighted by Crippen LogP contribution is 2.25. The number of aliphatic carboxylic acids is 1. The molecule has 0 spiro atoms. The predicted octanol–water partition coefficient (Wildman–Crippen LogP) is 2.46. The normalized spacial score (nSPS) is 11.8. The molecule has 20 heavy (non-hydrogen) atoms. The Labute approximate surface area is 123 Å². The maximum absolute atomic E-state index is 11.6. The third-order valence-corrected chi connectivity index (χ3v) is 4.01. The third-order valence-electron chi connectivity index (χ3n) is 3.08. The van der Waals surface area contributed by atoms with E-state index in [2.05, 4.69) is 30.6 Å². The van der Waals surface area contributed by atoms with Crippen molar-refractivity contribution in [3.05, 3.63) is 21.9 Å². The Hall–Kier alpha value is -1.64. The van der Waals surface area contributed by atoms with E-state index in [-0.39, 0.29) is 10.8 Å². The highest BCUT2D eigenvalue weighted by Gasteiger charge is 2.22. The monoisotopic (exact) mass is 293 g/mol. The fourth-order valence-electron chi connectivity index (χ4n) is 1.78. The van der Waals surface area contributed by atoms with E-state index in [1.54, 1.807) is 11.4 Å². The van der Waals surface area contributed by atoms with E-state index in [9.17, 15) is 9.59 Å². The second-order valence-corrected chi connectivity index (χ2v) is 5.26. The first-order chi connectivity index (χ1) is 9.51. The third kappa shape index (κ3) is 4.19. The summed E-state index contributed by atoms with van der Waals surface area (Å²) in [5.41, 5.74) is 0.703. The first-order valence-corrected chi connectivity index (χ1v) is 7.44. The van der Waals surface area contributed by atoms with Gasteiger partial charge in [-0.2, -0.15) is 0 Å². The van der Waals surface area contributed by atoms with Gasteiger partial charge in [0, 0.05) is 5.92 Å². The lowest BCUT2D eigenvalue weighted by atomic mass is 10.0. The van der Waals surface area contributed by atoms with E-state index in [1.807, 2.05) is 6.92 Å². The first kappa shape index (κ1) is 16.4. The molecule has 1 heterocycles. The van der Waals surface area contributed by atoms with E-state index >= 15 is 0 Å². The summed E-state index contributed by atoms with van der Waals surface area (Å²) in [5.74, 6) is 3.76. The van der Waals surface area contributed by atoms with Gasteiger partial charge < -0.3 is 5.11 Å². The number of nitrogens with zero attached hydrogens (tertiary/aromatic N) is 1. The van der Waals surface area contributed by atoms with Crippen LogP contribution in [0.5, 0.6) is 0 Å². The SMILES string of the molecule is CCN(CC)CC#CC(C)c1ccsc1C(=O)C(=O)O. The van der Waals surface area contributed by atoms with Crippen molar-refractivity contribution in [3.8, 4) is 11.8 Å².